The zero-order chi connectivity index (χ0) is 23.6. The number of amides is 1. The Hall–Kier alpha value is -3.46. The number of rotatable bonds is 7. The van der Waals surface area contributed by atoms with Gasteiger partial charge in [0, 0.05) is 21.7 Å². The van der Waals surface area contributed by atoms with Crippen LogP contribution in [0.3, 0.4) is 0 Å². The fourth-order valence-electron chi connectivity index (χ4n) is 3.64. The number of benzene rings is 3. The number of ether oxygens (including phenoxy) is 1. The monoisotopic (exact) mass is 473 g/mol. The van der Waals surface area contributed by atoms with Crippen LogP contribution in [0.25, 0.3) is 0 Å². The van der Waals surface area contributed by atoms with E-state index in [0.29, 0.717) is 28.1 Å². The molecule has 5 nitrogen and oxygen atoms in total. The summed E-state index contributed by atoms with van der Waals surface area (Å²) in [7, 11) is 0. The molecule has 0 atom stereocenters. The van der Waals surface area contributed by atoms with Gasteiger partial charge in [0.25, 0.3) is 5.91 Å². The number of carboxylic acids is 1. The summed E-state index contributed by atoms with van der Waals surface area (Å²) in [6.07, 6.45) is -0.0850. The molecule has 4 rings (SSSR count). The summed E-state index contributed by atoms with van der Waals surface area (Å²) in [4.78, 5) is 25.4. The molecule has 1 aliphatic heterocycles. The summed E-state index contributed by atoms with van der Waals surface area (Å²) in [5.74, 6) is -0.649. The molecule has 0 aliphatic carbocycles. The highest BCUT2D eigenvalue weighted by molar-refractivity contribution is 8.00. The maximum atomic E-state index is 12.9. The van der Waals surface area contributed by atoms with Gasteiger partial charge in [-0.2, -0.15) is 13.2 Å². The minimum atomic E-state index is -4.37. The Morgan fingerprint density at radius 1 is 1.03 bits per heavy atom. The average Bonchev–Trinajstić information content (AvgIpc) is 3.09. The number of nitrogens with zero attached hydrogens (tertiary/aromatic N) is 1. The fourth-order valence-corrected chi connectivity index (χ4v) is 4.18. The first-order valence-electron chi connectivity index (χ1n) is 9.91. The van der Waals surface area contributed by atoms with E-state index in [1.807, 2.05) is 6.07 Å². The second kappa shape index (κ2) is 9.19. The maximum absolute atomic E-state index is 12.9. The van der Waals surface area contributed by atoms with Crippen LogP contribution >= 0.6 is 11.8 Å². The molecule has 33 heavy (non-hydrogen) atoms. The lowest BCUT2D eigenvalue weighted by Crippen LogP contribution is -2.22. The molecular formula is C24H18F3NO4S. The highest BCUT2D eigenvalue weighted by Gasteiger charge is 2.32. The first-order chi connectivity index (χ1) is 15.7. The Labute approximate surface area is 191 Å². The van der Waals surface area contributed by atoms with Gasteiger partial charge in [-0.1, -0.05) is 30.3 Å². The van der Waals surface area contributed by atoms with Gasteiger partial charge in [0.2, 0.25) is 0 Å². The number of alkyl halides is 3. The Balaban J connectivity index is 1.49. The van der Waals surface area contributed by atoms with Crippen LogP contribution in [0.15, 0.2) is 71.6 Å². The topological polar surface area (TPSA) is 66.8 Å². The van der Waals surface area contributed by atoms with Crippen molar-refractivity contribution in [3.63, 3.8) is 0 Å². The summed E-state index contributed by atoms with van der Waals surface area (Å²) in [5.41, 5.74) is -1.25. The third kappa shape index (κ3) is 5.48. The van der Waals surface area contributed by atoms with Crippen LogP contribution < -0.4 is 9.64 Å². The summed E-state index contributed by atoms with van der Waals surface area (Å²) in [5, 5.41) is 8.96. The van der Waals surface area contributed by atoms with Gasteiger partial charge in [0.05, 0.1) is 13.0 Å². The summed E-state index contributed by atoms with van der Waals surface area (Å²) in [6.45, 7) is 0.427. The molecule has 170 valence electrons. The molecule has 1 heterocycles. The lowest BCUT2D eigenvalue weighted by molar-refractivity contribution is -0.136. The van der Waals surface area contributed by atoms with Crippen molar-refractivity contribution in [2.75, 3.05) is 4.90 Å². The van der Waals surface area contributed by atoms with Gasteiger partial charge in [0.1, 0.15) is 12.4 Å². The van der Waals surface area contributed by atoms with Crippen LogP contribution in [0.1, 0.15) is 27.0 Å². The van der Waals surface area contributed by atoms with Crippen molar-refractivity contribution in [1.29, 1.82) is 0 Å². The molecular weight excluding hydrogens is 455 g/mol. The van der Waals surface area contributed by atoms with Crippen molar-refractivity contribution in [1.82, 2.24) is 0 Å². The third-order valence-electron chi connectivity index (χ3n) is 5.05. The number of hydrogen-bond acceptors (Lipinski definition) is 4. The predicted molar refractivity (Wildman–Crippen MR) is 117 cm³/mol. The van der Waals surface area contributed by atoms with E-state index in [2.05, 4.69) is 0 Å². The standard InChI is InChI=1S/C24H18F3NO4S/c25-24(26,27)33-18-9-7-17(8-10-18)28-13-20-19(23(28)31)5-2-6-21(20)32-14-16-4-1-3-15(11-16)12-22(29)30/h1-11H,12-14H2,(H,29,30). The Morgan fingerprint density at radius 2 is 1.73 bits per heavy atom. The van der Waals surface area contributed by atoms with E-state index in [0.717, 1.165) is 5.56 Å². The first kappa shape index (κ1) is 22.7. The Bertz CT molecular complexity index is 1200. The number of carbonyl (C=O) groups is 2. The van der Waals surface area contributed by atoms with Crippen LogP contribution in [0.5, 0.6) is 5.75 Å². The van der Waals surface area contributed by atoms with Crippen molar-refractivity contribution >= 4 is 29.3 Å². The highest BCUT2D eigenvalue weighted by atomic mass is 32.2. The third-order valence-corrected chi connectivity index (χ3v) is 5.79. The quantitative estimate of drug-likeness (QED) is 0.448. The normalized spacial score (nSPS) is 13.2. The van der Waals surface area contributed by atoms with E-state index in [1.165, 1.54) is 29.2 Å². The van der Waals surface area contributed by atoms with Crippen LogP contribution in [0.4, 0.5) is 18.9 Å². The van der Waals surface area contributed by atoms with E-state index in [1.54, 1.807) is 36.4 Å². The van der Waals surface area contributed by atoms with Crippen molar-refractivity contribution in [3.05, 3.63) is 89.0 Å². The molecule has 0 fully saturated rings. The number of anilines is 1. The van der Waals surface area contributed by atoms with Gasteiger partial charge in [0.15, 0.2) is 0 Å². The van der Waals surface area contributed by atoms with Crippen LogP contribution in [0, 0.1) is 0 Å². The van der Waals surface area contributed by atoms with E-state index in [9.17, 15) is 22.8 Å². The van der Waals surface area contributed by atoms with E-state index < -0.39 is 11.5 Å². The zero-order valence-corrected chi connectivity index (χ0v) is 17.9. The van der Waals surface area contributed by atoms with Crippen molar-refractivity contribution < 1.29 is 32.6 Å². The van der Waals surface area contributed by atoms with Crippen molar-refractivity contribution in [2.24, 2.45) is 0 Å². The number of aliphatic carboxylic acids is 1. The Kier molecular flexibility index (Phi) is 6.33. The molecule has 0 unspecified atom stereocenters. The molecule has 3 aromatic carbocycles. The first-order valence-corrected chi connectivity index (χ1v) is 10.7. The number of thioether (sulfide) groups is 1. The fraction of sp³-hybridized carbons (Fsp3) is 0.167. The summed E-state index contributed by atoms with van der Waals surface area (Å²) >= 11 is -0.205. The number of carbonyl (C=O) groups excluding carboxylic acids is 1. The summed E-state index contributed by atoms with van der Waals surface area (Å²) in [6, 6.07) is 17.9. The minimum Gasteiger partial charge on any atom is -0.489 e. The maximum Gasteiger partial charge on any atom is 0.446 e. The number of halogens is 3. The summed E-state index contributed by atoms with van der Waals surface area (Å²) < 4.78 is 43.6. The molecule has 1 aliphatic rings. The Morgan fingerprint density at radius 3 is 2.42 bits per heavy atom. The van der Waals surface area contributed by atoms with Gasteiger partial charge < -0.3 is 14.7 Å². The molecule has 0 aromatic heterocycles. The number of carboxylic acid groups (broad SMARTS) is 1. The molecule has 0 saturated heterocycles. The molecule has 9 heteroatoms. The number of fused-ring (bicyclic) bond motifs is 1. The predicted octanol–water partition coefficient (Wildman–Crippen LogP) is 5.67. The van der Waals surface area contributed by atoms with Crippen molar-refractivity contribution in [2.45, 2.75) is 30.0 Å². The van der Waals surface area contributed by atoms with Gasteiger partial charge >= 0.3 is 11.5 Å². The minimum absolute atomic E-state index is 0.0459. The van der Waals surface area contributed by atoms with Gasteiger partial charge in [-0.15, -0.1) is 0 Å². The lowest BCUT2D eigenvalue weighted by atomic mass is 10.1. The largest absolute Gasteiger partial charge is 0.489 e. The molecule has 0 saturated carbocycles. The second-order valence-corrected chi connectivity index (χ2v) is 8.53. The molecule has 1 N–H and O–H groups in total. The SMILES string of the molecule is O=C(O)Cc1cccc(COc2cccc3c2CN(c2ccc(SC(F)(F)F)cc2)C3=O)c1. The second-order valence-electron chi connectivity index (χ2n) is 7.39. The van der Waals surface area contributed by atoms with Gasteiger partial charge in [-0.05, 0) is 59.3 Å². The van der Waals surface area contributed by atoms with Crippen LogP contribution in [-0.4, -0.2) is 22.5 Å². The average molecular weight is 473 g/mol. The lowest BCUT2D eigenvalue weighted by Gasteiger charge is -2.16. The van der Waals surface area contributed by atoms with Crippen LogP contribution in [0.2, 0.25) is 0 Å². The number of hydrogen-bond donors (Lipinski definition) is 1. The molecule has 0 spiro atoms. The molecule has 3 aromatic rings. The highest BCUT2D eigenvalue weighted by Crippen LogP contribution is 2.39. The molecule has 0 radical (unpaired) electrons. The molecule has 1 amide bonds. The molecule has 0 bridgehead atoms. The van der Waals surface area contributed by atoms with Gasteiger partial charge in [-0.3, -0.25) is 9.59 Å². The van der Waals surface area contributed by atoms with E-state index in [4.69, 9.17) is 9.84 Å². The van der Waals surface area contributed by atoms with Crippen molar-refractivity contribution in [3.8, 4) is 5.75 Å². The van der Waals surface area contributed by atoms with Crippen LogP contribution in [-0.2, 0) is 24.4 Å². The smallest absolute Gasteiger partial charge is 0.446 e. The van der Waals surface area contributed by atoms with E-state index in [-0.39, 0.29) is 42.1 Å². The zero-order valence-electron chi connectivity index (χ0n) is 17.1. The van der Waals surface area contributed by atoms with E-state index >= 15 is 0 Å². The van der Waals surface area contributed by atoms with Gasteiger partial charge in [-0.25, -0.2) is 0 Å².